The number of benzene rings is 2. The molecule has 0 N–H and O–H groups in total. The van der Waals surface area contributed by atoms with E-state index in [4.69, 9.17) is 25.8 Å². The van der Waals surface area contributed by atoms with E-state index in [9.17, 15) is 13.2 Å². The minimum atomic E-state index is -3.26. The zero-order valence-corrected chi connectivity index (χ0v) is 35.1. The van der Waals surface area contributed by atoms with Gasteiger partial charge in [0.15, 0.2) is 0 Å². The molecule has 1 aliphatic heterocycles. The van der Waals surface area contributed by atoms with Gasteiger partial charge in [-0.1, -0.05) is 30.7 Å². The van der Waals surface area contributed by atoms with Crippen LogP contribution in [0, 0.1) is 17.8 Å². The first-order valence-electron chi connectivity index (χ1n) is 18.2. The molecule has 51 heavy (non-hydrogen) atoms. The van der Waals surface area contributed by atoms with Gasteiger partial charge in [0.05, 0.1) is 29.7 Å². The summed E-state index contributed by atoms with van der Waals surface area (Å²) in [5.41, 5.74) is 4.37. The number of carbonyl (C=O) groups excluding carboxylic acids is 1. The highest BCUT2D eigenvalue weighted by Crippen LogP contribution is 2.47. The summed E-state index contributed by atoms with van der Waals surface area (Å²) < 4.78 is 46.1. The number of aryl methyl sites for hydroxylation is 1. The molecule has 5 rings (SSSR count). The predicted octanol–water partition coefficient (Wildman–Crippen LogP) is 8.86. The minimum absolute atomic E-state index is 0.00653. The Morgan fingerprint density at radius 2 is 1.92 bits per heavy atom. The maximum Gasteiger partial charge on any atom is 0.338 e. The number of sulfonamides is 1. The average Bonchev–Trinajstić information content (AvgIpc) is 3.20. The lowest BCUT2D eigenvalue weighted by molar-refractivity contribution is 0.00615. The molecule has 3 aliphatic rings. The number of ether oxygens (including phenoxy) is 3. The van der Waals surface area contributed by atoms with Crippen LogP contribution in [0.3, 0.4) is 0 Å². The Bertz CT molecular complexity index is 1690. The van der Waals surface area contributed by atoms with E-state index < -0.39 is 15.6 Å². The highest BCUT2D eigenvalue weighted by atomic mass is 35.5. The van der Waals surface area contributed by atoms with Crippen LogP contribution in [0.1, 0.15) is 88.2 Å². The second-order valence-electron chi connectivity index (χ2n) is 15.7. The number of anilines is 1. The van der Waals surface area contributed by atoms with Gasteiger partial charge in [-0.25, -0.2) is 13.2 Å². The molecule has 1 fully saturated rings. The lowest BCUT2D eigenvalue weighted by atomic mass is 9.67. The Balaban J connectivity index is 1.41. The van der Waals surface area contributed by atoms with Crippen molar-refractivity contribution in [1.82, 2.24) is 3.85 Å². The summed E-state index contributed by atoms with van der Waals surface area (Å²) in [6.07, 6.45) is 8.02. The van der Waals surface area contributed by atoms with Crippen LogP contribution < -0.4 is 9.64 Å². The van der Waals surface area contributed by atoms with E-state index in [0.29, 0.717) is 30.4 Å². The molecule has 7 atom stereocenters. The molecular formula is C39H57ClN2O6P2S. The van der Waals surface area contributed by atoms with Crippen molar-refractivity contribution < 1.29 is 27.4 Å². The topological polar surface area (TPSA) is 85.4 Å². The molecule has 282 valence electrons. The number of hydrogen-bond acceptors (Lipinski definition) is 7. The second-order valence-corrected chi connectivity index (χ2v) is 20.9. The molecule has 2 aromatic carbocycles. The third-order valence-corrected chi connectivity index (χ3v) is 17.4. The van der Waals surface area contributed by atoms with Gasteiger partial charge in [0.25, 0.3) is 0 Å². The van der Waals surface area contributed by atoms with Crippen LogP contribution in [-0.2, 0) is 31.3 Å². The lowest BCUT2D eigenvalue weighted by Gasteiger charge is -2.46. The molecule has 2 unspecified atom stereocenters. The van der Waals surface area contributed by atoms with Crippen LogP contribution in [0.5, 0.6) is 5.75 Å². The molecule has 1 heterocycles. The van der Waals surface area contributed by atoms with E-state index in [1.54, 1.807) is 11.0 Å². The van der Waals surface area contributed by atoms with Crippen molar-refractivity contribution in [2.45, 2.75) is 90.3 Å². The molecule has 1 saturated carbocycles. The van der Waals surface area contributed by atoms with Crippen LogP contribution in [-0.4, -0.2) is 75.8 Å². The summed E-state index contributed by atoms with van der Waals surface area (Å²) in [6.45, 7) is 15.8. The van der Waals surface area contributed by atoms with E-state index >= 15 is 0 Å². The summed E-state index contributed by atoms with van der Waals surface area (Å²) >= 11 is 6.47. The Morgan fingerprint density at radius 3 is 2.57 bits per heavy atom. The van der Waals surface area contributed by atoms with Crippen molar-refractivity contribution in [2.24, 2.45) is 17.8 Å². The molecule has 12 heteroatoms. The fourth-order valence-corrected chi connectivity index (χ4v) is 12.9. The Morgan fingerprint density at radius 1 is 1.18 bits per heavy atom. The van der Waals surface area contributed by atoms with Crippen molar-refractivity contribution in [3.8, 4) is 5.75 Å². The highest BCUT2D eigenvalue weighted by Gasteiger charge is 2.45. The predicted molar refractivity (Wildman–Crippen MR) is 214 cm³/mol. The van der Waals surface area contributed by atoms with Crippen molar-refractivity contribution in [3.05, 3.63) is 69.8 Å². The molecule has 2 aliphatic carbocycles. The van der Waals surface area contributed by atoms with Crippen LogP contribution in [0.4, 0.5) is 5.69 Å². The summed E-state index contributed by atoms with van der Waals surface area (Å²) in [6, 6.07) is 12.0. The fourth-order valence-electron chi connectivity index (χ4n) is 8.17. The number of halogens is 1. The van der Waals surface area contributed by atoms with Gasteiger partial charge in [0.2, 0.25) is 10.0 Å². The van der Waals surface area contributed by atoms with Crippen molar-refractivity contribution in [1.29, 1.82) is 0 Å². The number of esters is 1. The quantitative estimate of drug-likeness (QED) is 0.114. The van der Waals surface area contributed by atoms with E-state index in [2.05, 4.69) is 30.0 Å². The largest absolute Gasteiger partial charge is 0.490 e. The maximum absolute atomic E-state index is 13.3. The number of carbonyl (C=O) groups is 1. The lowest BCUT2D eigenvalue weighted by Crippen LogP contribution is -2.50. The van der Waals surface area contributed by atoms with E-state index in [-0.39, 0.29) is 46.6 Å². The van der Waals surface area contributed by atoms with Crippen LogP contribution in [0.15, 0.2) is 48.0 Å². The van der Waals surface area contributed by atoms with Crippen molar-refractivity contribution >= 4 is 50.7 Å². The molecule has 8 nitrogen and oxygen atoms in total. The molecule has 0 aromatic heterocycles. The normalized spacial score (nSPS) is 24.0. The summed E-state index contributed by atoms with van der Waals surface area (Å²) in [5.74, 6) is 1.28. The smallest absolute Gasteiger partial charge is 0.338 e. The molecule has 0 saturated heterocycles. The standard InChI is InChI=1S/C39H57ClN2O6P2S/c1-26(23-51(44,45)42(49-7)50-8)11-12-27(2)36(46-6)32-16-13-30(32)22-41-24-39(19-9-10-28-20-31(40)15-17-33(28)39)25-47-35-18-14-29(21-34(35)41)37(43)48-38(3,4)5/h12,14-15,17-18,20-21,26,30,32,36,49-50H,9-11,13,16,19,22-25H2,1-8H3/b27-12+/t26-,30-,32+,36-,39-/m0/s1. The number of hydrogen-bond donors (Lipinski definition) is 0. The number of methoxy groups -OCH3 is 1. The Kier molecular flexibility index (Phi) is 13.3. The van der Waals surface area contributed by atoms with Gasteiger partial charge >= 0.3 is 5.97 Å². The first-order chi connectivity index (χ1) is 24.1. The average molecular weight is 779 g/mol. The van der Waals surface area contributed by atoms with Gasteiger partial charge in [-0.2, -0.15) is 3.85 Å². The van der Waals surface area contributed by atoms with E-state index in [0.717, 1.165) is 67.2 Å². The summed E-state index contributed by atoms with van der Waals surface area (Å²) in [4.78, 5) is 15.7. The van der Waals surface area contributed by atoms with Gasteiger partial charge < -0.3 is 19.1 Å². The maximum atomic E-state index is 13.3. The molecule has 0 radical (unpaired) electrons. The van der Waals surface area contributed by atoms with Crippen molar-refractivity contribution in [3.63, 3.8) is 0 Å². The first kappa shape index (κ1) is 40.5. The third kappa shape index (κ3) is 9.51. The third-order valence-electron chi connectivity index (χ3n) is 10.7. The number of fused-ring (bicyclic) bond motifs is 3. The van der Waals surface area contributed by atoms with E-state index in [1.165, 1.54) is 11.1 Å². The zero-order valence-electron chi connectivity index (χ0n) is 31.6. The van der Waals surface area contributed by atoms with Crippen LogP contribution in [0.2, 0.25) is 5.02 Å². The van der Waals surface area contributed by atoms with Gasteiger partial charge in [0, 0.05) is 30.6 Å². The number of nitrogens with zero attached hydrogens (tertiary/aromatic N) is 2. The molecule has 2 aromatic rings. The minimum Gasteiger partial charge on any atom is -0.490 e. The van der Waals surface area contributed by atoms with Gasteiger partial charge in [0.1, 0.15) is 11.4 Å². The molecule has 1 spiro atoms. The zero-order chi connectivity index (χ0) is 37.1. The summed E-state index contributed by atoms with van der Waals surface area (Å²) in [5, 5.41) is 0.759. The van der Waals surface area contributed by atoms with Gasteiger partial charge in [-0.05, 0) is 162 Å². The van der Waals surface area contributed by atoms with E-state index in [1.807, 2.05) is 65.3 Å². The fraction of sp³-hybridized carbons (Fsp3) is 0.615. The van der Waals surface area contributed by atoms with Gasteiger partial charge in [-0.15, -0.1) is 0 Å². The Hall–Kier alpha value is -1.73. The molecule has 0 amide bonds. The monoisotopic (exact) mass is 778 g/mol. The SMILES string of the molecule is CO[C@@H](/C(C)=C/C[C@H](C)CS(=O)(=O)N(PC)PC)[C@@H]1CC[C@H]1CN1C[C@@]2(CCCc3cc(Cl)ccc32)COc2ccc(C(=O)OC(C)(C)C)cc21. The van der Waals surface area contributed by atoms with Crippen molar-refractivity contribution in [2.75, 3.05) is 50.8 Å². The highest BCUT2D eigenvalue weighted by molar-refractivity contribution is 7.97. The summed E-state index contributed by atoms with van der Waals surface area (Å²) in [7, 11) is -0.973. The van der Waals surface area contributed by atoms with Gasteiger partial charge in [-0.3, -0.25) is 0 Å². The molecule has 0 bridgehead atoms. The number of allylic oxidation sites excluding steroid dienone is 1. The Labute approximate surface area is 315 Å². The first-order valence-corrected chi connectivity index (χ1v) is 23.1. The number of rotatable bonds is 13. The van der Waals surface area contributed by atoms with Crippen LogP contribution in [0.25, 0.3) is 0 Å². The van der Waals surface area contributed by atoms with Crippen LogP contribution >= 0.6 is 29.1 Å². The second kappa shape index (κ2) is 16.7. The molecular weight excluding hydrogens is 722 g/mol.